The molecule has 0 spiro atoms. The number of aryl methyl sites for hydroxylation is 3. The highest BCUT2D eigenvalue weighted by molar-refractivity contribution is 7.13. The summed E-state index contributed by atoms with van der Waals surface area (Å²) in [6.45, 7) is 7.06. The lowest BCUT2D eigenvalue weighted by Gasteiger charge is -2.31. The van der Waals surface area contributed by atoms with Crippen LogP contribution < -0.4 is 0 Å². The Morgan fingerprint density at radius 2 is 1.89 bits per heavy atom. The molecule has 0 N–H and O–H groups in total. The van der Waals surface area contributed by atoms with E-state index in [1.165, 1.54) is 11.3 Å². The molecule has 0 unspecified atom stereocenters. The van der Waals surface area contributed by atoms with Gasteiger partial charge in [-0.1, -0.05) is 5.16 Å². The fourth-order valence-corrected chi connectivity index (χ4v) is 5.00. The van der Waals surface area contributed by atoms with Crippen LogP contribution in [0.2, 0.25) is 0 Å². The van der Waals surface area contributed by atoms with Crippen molar-refractivity contribution in [3.05, 3.63) is 27.3 Å². The molecule has 4 rings (SSSR count). The molecule has 152 valence electrons. The van der Waals surface area contributed by atoms with E-state index in [1.807, 2.05) is 18.7 Å². The van der Waals surface area contributed by atoms with Gasteiger partial charge in [-0.3, -0.25) is 4.79 Å². The summed E-state index contributed by atoms with van der Waals surface area (Å²) in [5.41, 5.74) is 0.854. The SMILES string of the molecule is Cc1nc(C)c(C(=O)N2CCC(CCc3noc(C4CCOCC4)n3)CC2)s1. The van der Waals surface area contributed by atoms with Crippen molar-refractivity contribution in [2.24, 2.45) is 5.92 Å². The molecule has 2 aromatic heterocycles. The van der Waals surface area contributed by atoms with E-state index in [9.17, 15) is 4.79 Å². The number of carbonyl (C=O) groups excluding carboxylic acids is 1. The summed E-state index contributed by atoms with van der Waals surface area (Å²) in [6, 6.07) is 0. The van der Waals surface area contributed by atoms with E-state index in [-0.39, 0.29) is 5.91 Å². The van der Waals surface area contributed by atoms with Gasteiger partial charge in [-0.15, -0.1) is 11.3 Å². The van der Waals surface area contributed by atoms with Crippen molar-refractivity contribution in [3.8, 4) is 0 Å². The molecule has 2 saturated heterocycles. The maximum atomic E-state index is 12.7. The number of likely N-dealkylation sites (tertiary alicyclic amines) is 1. The van der Waals surface area contributed by atoms with Crippen LogP contribution >= 0.6 is 11.3 Å². The van der Waals surface area contributed by atoms with Crippen LogP contribution in [-0.2, 0) is 11.2 Å². The van der Waals surface area contributed by atoms with Crippen molar-refractivity contribution in [2.45, 2.75) is 58.3 Å². The van der Waals surface area contributed by atoms with Gasteiger partial charge in [0.25, 0.3) is 5.91 Å². The molecule has 0 aliphatic carbocycles. The van der Waals surface area contributed by atoms with E-state index < -0.39 is 0 Å². The van der Waals surface area contributed by atoms with E-state index in [2.05, 4.69) is 15.1 Å². The van der Waals surface area contributed by atoms with Gasteiger partial charge >= 0.3 is 0 Å². The molecule has 2 aliphatic rings. The van der Waals surface area contributed by atoms with Crippen LogP contribution in [0, 0.1) is 19.8 Å². The molecule has 4 heterocycles. The van der Waals surface area contributed by atoms with Crippen LogP contribution in [0.25, 0.3) is 0 Å². The molecule has 0 saturated carbocycles. The molecule has 8 heteroatoms. The smallest absolute Gasteiger partial charge is 0.265 e. The quantitative estimate of drug-likeness (QED) is 0.758. The number of aromatic nitrogens is 3. The van der Waals surface area contributed by atoms with Gasteiger partial charge < -0.3 is 14.2 Å². The molecular weight excluding hydrogens is 376 g/mol. The predicted octanol–water partition coefficient (Wildman–Crippen LogP) is 3.52. The van der Waals surface area contributed by atoms with Crippen LogP contribution in [0.1, 0.15) is 70.1 Å². The van der Waals surface area contributed by atoms with Crippen LogP contribution in [0.3, 0.4) is 0 Å². The Hall–Kier alpha value is -1.80. The number of ether oxygens (including phenoxy) is 1. The molecule has 1 amide bonds. The number of thiazole rings is 1. The van der Waals surface area contributed by atoms with E-state index in [0.717, 1.165) is 92.1 Å². The number of piperidine rings is 1. The summed E-state index contributed by atoms with van der Waals surface area (Å²) < 4.78 is 10.9. The zero-order valence-electron chi connectivity index (χ0n) is 16.6. The normalized spacial score (nSPS) is 19.3. The van der Waals surface area contributed by atoms with Gasteiger partial charge in [0.1, 0.15) is 4.88 Å². The third-order valence-electron chi connectivity index (χ3n) is 5.83. The highest BCUT2D eigenvalue weighted by Gasteiger charge is 2.27. The second-order valence-corrected chi connectivity index (χ2v) is 9.06. The molecule has 0 bridgehead atoms. The molecule has 28 heavy (non-hydrogen) atoms. The topological polar surface area (TPSA) is 81.4 Å². The number of amides is 1. The maximum absolute atomic E-state index is 12.7. The van der Waals surface area contributed by atoms with Crippen molar-refractivity contribution < 1.29 is 14.1 Å². The first kappa shape index (κ1) is 19.5. The average molecular weight is 405 g/mol. The second-order valence-electron chi connectivity index (χ2n) is 7.86. The van der Waals surface area contributed by atoms with Crippen molar-refractivity contribution in [3.63, 3.8) is 0 Å². The lowest BCUT2D eigenvalue weighted by atomic mass is 9.92. The summed E-state index contributed by atoms with van der Waals surface area (Å²) in [5.74, 6) is 2.69. The van der Waals surface area contributed by atoms with E-state index in [4.69, 9.17) is 9.26 Å². The Morgan fingerprint density at radius 1 is 1.14 bits per heavy atom. The predicted molar refractivity (Wildman–Crippen MR) is 106 cm³/mol. The summed E-state index contributed by atoms with van der Waals surface area (Å²) in [4.78, 5) is 24.5. The summed E-state index contributed by atoms with van der Waals surface area (Å²) in [7, 11) is 0. The van der Waals surface area contributed by atoms with E-state index >= 15 is 0 Å². The Labute approximate surface area is 169 Å². The molecule has 0 atom stereocenters. The molecule has 7 nitrogen and oxygen atoms in total. The number of rotatable bonds is 5. The number of hydrogen-bond donors (Lipinski definition) is 0. The minimum Gasteiger partial charge on any atom is -0.381 e. The monoisotopic (exact) mass is 404 g/mol. The zero-order chi connectivity index (χ0) is 19.5. The second kappa shape index (κ2) is 8.69. The van der Waals surface area contributed by atoms with Crippen molar-refractivity contribution in [1.82, 2.24) is 20.0 Å². The number of carbonyl (C=O) groups is 1. The molecular formula is C20H28N4O3S. The van der Waals surface area contributed by atoms with Crippen LogP contribution in [-0.4, -0.2) is 52.2 Å². The first-order chi connectivity index (χ1) is 13.6. The Kier molecular flexibility index (Phi) is 6.06. The molecule has 2 aliphatic heterocycles. The third kappa shape index (κ3) is 4.43. The van der Waals surface area contributed by atoms with Gasteiger partial charge in [-0.25, -0.2) is 4.98 Å². The summed E-state index contributed by atoms with van der Waals surface area (Å²) >= 11 is 1.50. The van der Waals surface area contributed by atoms with Gasteiger partial charge in [0.15, 0.2) is 5.82 Å². The van der Waals surface area contributed by atoms with E-state index in [0.29, 0.717) is 11.8 Å². The van der Waals surface area contributed by atoms with Crippen molar-refractivity contribution >= 4 is 17.2 Å². The van der Waals surface area contributed by atoms with Gasteiger partial charge in [0.2, 0.25) is 5.89 Å². The van der Waals surface area contributed by atoms with E-state index in [1.54, 1.807) is 0 Å². The Bertz CT molecular complexity index is 804. The van der Waals surface area contributed by atoms with Crippen molar-refractivity contribution in [1.29, 1.82) is 0 Å². The first-order valence-corrected chi connectivity index (χ1v) is 11.1. The summed E-state index contributed by atoms with van der Waals surface area (Å²) in [5, 5.41) is 5.13. The third-order valence-corrected chi connectivity index (χ3v) is 6.89. The fourth-order valence-electron chi connectivity index (χ4n) is 4.11. The highest BCUT2D eigenvalue weighted by atomic mass is 32.1. The molecule has 0 radical (unpaired) electrons. The lowest BCUT2D eigenvalue weighted by Crippen LogP contribution is -2.38. The lowest BCUT2D eigenvalue weighted by molar-refractivity contribution is 0.0690. The van der Waals surface area contributed by atoms with Crippen LogP contribution in [0.4, 0.5) is 0 Å². The Balaban J connectivity index is 1.24. The standard InChI is InChI=1S/C20H28N4O3S/c1-13-18(28-14(2)21-13)20(25)24-9-5-15(6-10-24)3-4-17-22-19(27-23-17)16-7-11-26-12-8-16/h15-16H,3-12H2,1-2H3. The molecule has 2 aromatic rings. The maximum Gasteiger partial charge on any atom is 0.265 e. The minimum atomic E-state index is 0.140. The van der Waals surface area contributed by atoms with Crippen LogP contribution in [0.5, 0.6) is 0 Å². The largest absolute Gasteiger partial charge is 0.381 e. The van der Waals surface area contributed by atoms with Crippen molar-refractivity contribution in [2.75, 3.05) is 26.3 Å². The zero-order valence-corrected chi connectivity index (χ0v) is 17.5. The van der Waals surface area contributed by atoms with Gasteiger partial charge in [-0.2, -0.15) is 4.98 Å². The number of nitrogens with zero attached hydrogens (tertiary/aromatic N) is 4. The summed E-state index contributed by atoms with van der Waals surface area (Å²) in [6.07, 6.45) is 5.90. The van der Waals surface area contributed by atoms with Gasteiger partial charge in [0, 0.05) is 38.6 Å². The molecule has 0 aromatic carbocycles. The average Bonchev–Trinajstić information content (AvgIpc) is 3.33. The Morgan fingerprint density at radius 3 is 2.57 bits per heavy atom. The molecule has 2 fully saturated rings. The number of hydrogen-bond acceptors (Lipinski definition) is 7. The first-order valence-electron chi connectivity index (χ1n) is 10.2. The van der Waals surface area contributed by atoms with Gasteiger partial charge in [0.05, 0.1) is 10.7 Å². The fraction of sp³-hybridized carbons (Fsp3) is 0.700. The van der Waals surface area contributed by atoms with Crippen LogP contribution in [0.15, 0.2) is 4.52 Å². The highest BCUT2D eigenvalue weighted by Crippen LogP contribution is 2.27. The van der Waals surface area contributed by atoms with Gasteiger partial charge in [-0.05, 0) is 51.9 Å². The minimum absolute atomic E-state index is 0.140.